The van der Waals surface area contributed by atoms with Gasteiger partial charge in [0.15, 0.2) is 10.8 Å². The van der Waals surface area contributed by atoms with E-state index < -0.39 is 46.0 Å². The van der Waals surface area contributed by atoms with Crippen LogP contribution in [0.4, 0.5) is 14.7 Å². The number of hydrogen-bond acceptors (Lipinski definition) is 12. The molecule has 0 saturated carbocycles. The van der Waals surface area contributed by atoms with E-state index in [0.29, 0.717) is 16.2 Å². The van der Waals surface area contributed by atoms with Crippen LogP contribution in [0.25, 0.3) is 0 Å². The molecule has 178 valence electrons. The lowest BCUT2D eigenvalue weighted by atomic mass is 10.1. The van der Waals surface area contributed by atoms with Crippen LogP contribution in [0.15, 0.2) is 10.5 Å². The molecule has 3 rings (SSSR count). The van der Waals surface area contributed by atoms with Crippen LogP contribution in [-0.2, 0) is 29.4 Å². The molecule has 0 aromatic carbocycles. The minimum atomic E-state index is -4.71. The van der Waals surface area contributed by atoms with Crippen LogP contribution in [0, 0.1) is 0 Å². The summed E-state index contributed by atoms with van der Waals surface area (Å²) in [7, 11) is -3.51. The molecule has 1 aromatic rings. The summed E-state index contributed by atoms with van der Waals surface area (Å²) in [5, 5.41) is 7.50. The van der Waals surface area contributed by atoms with Crippen LogP contribution >= 0.6 is 11.3 Å². The van der Waals surface area contributed by atoms with E-state index in [0.717, 1.165) is 11.3 Å². The Morgan fingerprint density at radius 2 is 1.91 bits per heavy atom. The summed E-state index contributed by atoms with van der Waals surface area (Å²) in [6.45, 7) is -0.314. The molecule has 2 saturated heterocycles. The topological polar surface area (TPSA) is 223 Å². The molecule has 2 fully saturated rings. The fourth-order valence-corrected chi connectivity index (χ4v) is 4.14. The van der Waals surface area contributed by atoms with Gasteiger partial charge in [0.05, 0.1) is 6.54 Å². The Kier molecular flexibility index (Phi) is 6.77. The number of β-lactam (4-membered cyclic amide) rings is 1. The zero-order valence-corrected chi connectivity index (χ0v) is 18.6. The molecule has 2 aliphatic heterocycles. The van der Waals surface area contributed by atoms with Crippen molar-refractivity contribution in [3.8, 4) is 0 Å². The molecule has 0 bridgehead atoms. The van der Waals surface area contributed by atoms with Crippen molar-refractivity contribution < 1.29 is 37.2 Å². The number of thiazole rings is 1. The van der Waals surface area contributed by atoms with E-state index >= 15 is 0 Å². The SMILES string of the molecule is CON=C(C(=O)N[C@H]1CN(C(=O)NS(=O)(=O)NC(=O)N2CCCC2=O)C1=O)c1csc(N)n1. The molecule has 16 nitrogen and oxygen atoms in total. The standard InChI is InChI=1S/C15H18N8O8S2/c1-31-19-10(8-6-32-13(16)18-8)11(25)17-7-5-23(12(7)26)15(28)21-33(29,30)20-14(27)22-4-2-3-9(22)24/h6-7H,2-5H2,1H3,(H2,16,18)(H,17,25)(H,20,27)(H,21,28)/t7-/m0/s1. The van der Waals surface area contributed by atoms with Gasteiger partial charge < -0.3 is 15.9 Å². The minimum Gasteiger partial charge on any atom is -0.398 e. The second kappa shape index (κ2) is 9.36. The lowest BCUT2D eigenvalue weighted by Crippen LogP contribution is -2.68. The number of hydrogen-bond donors (Lipinski definition) is 4. The van der Waals surface area contributed by atoms with E-state index in [4.69, 9.17) is 5.73 Å². The molecule has 3 heterocycles. The van der Waals surface area contributed by atoms with Gasteiger partial charge in [-0.15, -0.1) is 11.3 Å². The minimum absolute atomic E-state index is 0.0436. The van der Waals surface area contributed by atoms with Crippen molar-refractivity contribution >= 4 is 62.2 Å². The summed E-state index contributed by atoms with van der Waals surface area (Å²) in [4.78, 5) is 69.9. The van der Waals surface area contributed by atoms with Crippen LogP contribution in [0.2, 0.25) is 0 Å². The molecule has 33 heavy (non-hydrogen) atoms. The second-order valence-electron chi connectivity index (χ2n) is 6.64. The summed E-state index contributed by atoms with van der Waals surface area (Å²) in [5.41, 5.74) is 5.37. The van der Waals surface area contributed by atoms with Crippen molar-refractivity contribution in [1.29, 1.82) is 0 Å². The van der Waals surface area contributed by atoms with Crippen molar-refractivity contribution in [3.05, 3.63) is 11.1 Å². The average molecular weight is 502 g/mol. The van der Waals surface area contributed by atoms with Crippen molar-refractivity contribution in [1.82, 2.24) is 29.5 Å². The first-order valence-corrected chi connectivity index (χ1v) is 11.5. The predicted octanol–water partition coefficient (Wildman–Crippen LogP) is -2.31. The Hall–Kier alpha value is -3.80. The van der Waals surface area contributed by atoms with Gasteiger partial charge in [0, 0.05) is 18.3 Å². The maximum Gasteiger partial charge on any atom is 0.339 e. The number of nitrogens with two attached hydrogens (primary N) is 1. The Balaban J connectivity index is 1.54. The maximum absolute atomic E-state index is 12.4. The molecule has 0 aliphatic carbocycles. The summed E-state index contributed by atoms with van der Waals surface area (Å²) in [6.07, 6.45) is 0.489. The van der Waals surface area contributed by atoms with E-state index in [1.165, 1.54) is 21.9 Å². The number of rotatable bonds is 6. The number of urea groups is 2. The summed E-state index contributed by atoms with van der Waals surface area (Å²) in [5.74, 6) is -2.30. The third-order valence-electron chi connectivity index (χ3n) is 4.40. The zero-order chi connectivity index (χ0) is 24.3. The highest BCUT2D eigenvalue weighted by atomic mass is 32.2. The summed E-state index contributed by atoms with van der Waals surface area (Å²) in [6, 6.07) is -3.72. The molecule has 2 aliphatic rings. The van der Waals surface area contributed by atoms with Crippen LogP contribution in [0.5, 0.6) is 0 Å². The first-order valence-electron chi connectivity index (χ1n) is 9.16. The normalized spacial score (nSPS) is 18.6. The molecule has 7 amide bonds. The van der Waals surface area contributed by atoms with Crippen molar-refractivity contribution in [2.75, 3.05) is 25.9 Å². The fourth-order valence-electron chi connectivity index (χ4n) is 2.86. The van der Waals surface area contributed by atoms with Gasteiger partial charge in [-0.25, -0.2) is 24.0 Å². The zero-order valence-electron chi connectivity index (χ0n) is 16.9. The van der Waals surface area contributed by atoms with Gasteiger partial charge in [-0.05, 0) is 6.42 Å². The van der Waals surface area contributed by atoms with E-state index in [9.17, 15) is 32.4 Å². The van der Waals surface area contributed by atoms with Gasteiger partial charge in [-0.3, -0.25) is 24.2 Å². The number of nitrogens with one attached hydrogen (secondary N) is 3. The quantitative estimate of drug-likeness (QED) is 0.185. The van der Waals surface area contributed by atoms with Gasteiger partial charge >= 0.3 is 22.3 Å². The molecule has 0 unspecified atom stereocenters. The number of nitrogen functional groups attached to an aromatic ring is 1. The third-order valence-corrected chi connectivity index (χ3v) is 5.96. The first-order chi connectivity index (χ1) is 15.5. The second-order valence-corrected chi connectivity index (χ2v) is 8.94. The van der Waals surface area contributed by atoms with E-state index in [1.54, 1.807) is 0 Å². The van der Waals surface area contributed by atoms with Crippen LogP contribution < -0.4 is 20.5 Å². The highest BCUT2D eigenvalue weighted by Crippen LogP contribution is 2.15. The number of aromatic nitrogens is 1. The molecule has 18 heteroatoms. The molecule has 1 aromatic heterocycles. The van der Waals surface area contributed by atoms with Gasteiger partial charge in [-0.2, -0.15) is 8.42 Å². The van der Waals surface area contributed by atoms with Gasteiger partial charge in [-0.1, -0.05) is 5.16 Å². The first kappa shape index (κ1) is 23.9. The number of anilines is 1. The highest BCUT2D eigenvalue weighted by molar-refractivity contribution is 7.88. The summed E-state index contributed by atoms with van der Waals surface area (Å²) >= 11 is 1.05. The molecule has 0 spiro atoms. The van der Waals surface area contributed by atoms with Crippen LogP contribution in [0.1, 0.15) is 18.5 Å². The van der Waals surface area contributed by atoms with E-state index in [2.05, 4.69) is 20.3 Å². The monoisotopic (exact) mass is 502 g/mol. The molecular formula is C15H18N8O8S2. The number of imide groups is 2. The Morgan fingerprint density at radius 1 is 1.24 bits per heavy atom. The Bertz CT molecular complexity index is 1150. The van der Waals surface area contributed by atoms with Crippen LogP contribution in [0.3, 0.4) is 0 Å². The average Bonchev–Trinajstić information content (AvgIpc) is 3.35. The third kappa shape index (κ3) is 5.34. The number of carbonyl (C=O) groups excluding carboxylic acids is 5. The molecular weight excluding hydrogens is 484 g/mol. The number of likely N-dealkylation sites (tertiary alicyclic amines) is 2. The molecule has 5 N–H and O–H groups in total. The van der Waals surface area contributed by atoms with E-state index in [-0.39, 0.29) is 36.0 Å². The predicted molar refractivity (Wildman–Crippen MR) is 111 cm³/mol. The smallest absolute Gasteiger partial charge is 0.339 e. The van der Waals surface area contributed by atoms with Crippen LogP contribution in [-0.4, -0.2) is 84.9 Å². The summed E-state index contributed by atoms with van der Waals surface area (Å²) < 4.78 is 27.0. The van der Waals surface area contributed by atoms with Gasteiger partial charge in [0.25, 0.3) is 11.8 Å². The van der Waals surface area contributed by atoms with Crippen molar-refractivity contribution in [2.24, 2.45) is 5.16 Å². The van der Waals surface area contributed by atoms with E-state index in [1.807, 2.05) is 0 Å². The molecule has 1 atom stereocenters. The molecule has 0 radical (unpaired) electrons. The largest absolute Gasteiger partial charge is 0.398 e. The highest BCUT2D eigenvalue weighted by Gasteiger charge is 2.44. The van der Waals surface area contributed by atoms with Gasteiger partial charge in [0.2, 0.25) is 5.91 Å². The Morgan fingerprint density at radius 3 is 2.42 bits per heavy atom. The lowest BCUT2D eigenvalue weighted by molar-refractivity contribution is -0.141. The van der Waals surface area contributed by atoms with Crippen molar-refractivity contribution in [2.45, 2.75) is 18.9 Å². The van der Waals surface area contributed by atoms with Gasteiger partial charge in [0.1, 0.15) is 18.8 Å². The number of nitrogens with zero attached hydrogens (tertiary/aromatic N) is 4. The van der Waals surface area contributed by atoms with Crippen molar-refractivity contribution in [3.63, 3.8) is 0 Å². The number of carbonyl (C=O) groups is 5. The number of amides is 7. The lowest BCUT2D eigenvalue weighted by Gasteiger charge is -2.36. The number of oxime groups is 1. The fraction of sp³-hybridized carbons (Fsp3) is 0.400. The Labute approximate surface area is 190 Å². The maximum atomic E-state index is 12.4.